The van der Waals surface area contributed by atoms with E-state index in [1.807, 2.05) is 0 Å². The minimum Gasteiger partial charge on any atom is -0.342 e. The summed E-state index contributed by atoms with van der Waals surface area (Å²) in [5.74, 6) is -0.921. The molecule has 4 heteroatoms. The van der Waals surface area contributed by atoms with Crippen molar-refractivity contribution in [3.05, 3.63) is 29.8 Å². The first-order chi connectivity index (χ1) is 7.77. The molecule has 1 aliphatic heterocycles. The van der Waals surface area contributed by atoms with Crippen molar-refractivity contribution in [3.8, 4) is 0 Å². The van der Waals surface area contributed by atoms with Crippen LogP contribution in [-0.2, 0) is 0 Å². The second-order valence-corrected chi connectivity index (χ2v) is 3.87. The predicted octanol–water partition coefficient (Wildman–Crippen LogP) is 3.35. The van der Waals surface area contributed by atoms with Gasteiger partial charge in [0.1, 0.15) is 5.84 Å². The van der Waals surface area contributed by atoms with Crippen molar-refractivity contribution in [1.29, 1.82) is 0 Å². The maximum Gasteiger partial charge on any atom is 0.182 e. The van der Waals surface area contributed by atoms with Crippen LogP contribution in [0.1, 0.15) is 25.7 Å². The highest BCUT2D eigenvalue weighted by molar-refractivity contribution is 5.95. The molecule has 0 saturated heterocycles. The second kappa shape index (κ2) is 5.05. The smallest absolute Gasteiger partial charge is 0.182 e. The normalized spacial score (nSPS) is 16.5. The van der Waals surface area contributed by atoms with Crippen molar-refractivity contribution in [2.75, 3.05) is 11.9 Å². The summed E-state index contributed by atoms with van der Waals surface area (Å²) in [6.45, 7) is 0.763. The van der Waals surface area contributed by atoms with Crippen LogP contribution in [0.5, 0.6) is 0 Å². The highest BCUT2D eigenvalue weighted by Gasteiger charge is 2.10. The Morgan fingerprint density at radius 3 is 2.88 bits per heavy atom. The highest BCUT2D eigenvalue weighted by atomic mass is 19.2. The van der Waals surface area contributed by atoms with E-state index in [4.69, 9.17) is 0 Å². The molecule has 0 saturated carbocycles. The van der Waals surface area contributed by atoms with Gasteiger partial charge in [-0.15, -0.1) is 0 Å². The third-order valence-electron chi connectivity index (χ3n) is 2.60. The Hall–Kier alpha value is -1.45. The maximum atomic E-state index is 13.4. The van der Waals surface area contributed by atoms with E-state index in [-0.39, 0.29) is 5.69 Å². The third-order valence-corrected chi connectivity index (χ3v) is 2.60. The zero-order valence-corrected chi connectivity index (χ0v) is 8.97. The minimum absolute atomic E-state index is 0.167. The summed E-state index contributed by atoms with van der Waals surface area (Å²) in [6, 6.07) is 4.11. The molecule has 0 radical (unpaired) electrons. The quantitative estimate of drug-likeness (QED) is 0.777. The average Bonchev–Trinajstić information content (AvgIpc) is 2.53. The number of amidine groups is 1. The second-order valence-electron chi connectivity index (χ2n) is 3.87. The van der Waals surface area contributed by atoms with Gasteiger partial charge in [0.2, 0.25) is 0 Å². The van der Waals surface area contributed by atoms with E-state index in [1.54, 1.807) is 0 Å². The summed E-state index contributed by atoms with van der Waals surface area (Å²) in [7, 11) is 0. The van der Waals surface area contributed by atoms with Gasteiger partial charge in [0, 0.05) is 13.0 Å². The lowest BCUT2D eigenvalue weighted by Crippen LogP contribution is -2.13. The molecule has 0 atom stereocenters. The number of nitrogens with one attached hydrogen (secondary N) is 1. The fraction of sp³-hybridized carbons (Fsp3) is 0.417. The number of hydrogen-bond donors (Lipinski definition) is 1. The number of benzene rings is 1. The molecule has 1 heterocycles. The Bertz CT molecular complexity index is 402. The van der Waals surface area contributed by atoms with E-state index < -0.39 is 11.6 Å². The van der Waals surface area contributed by atoms with E-state index in [0.29, 0.717) is 0 Å². The van der Waals surface area contributed by atoms with Gasteiger partial charge in [-0.2, -0.15) is 0 Å². The first-order valence-corrected chi connectivity index (χ1v) is 5.52. The van der Waals surface area contributed by atoms with Crippen molar-refractivity contribution < 1.29 is 8.78 Å². The van der Waals surface area contributed by atoms with Crippen LogP contribution >= 0.6 is 0 Å². The summed E-state index contributed by atoms with van der Waals surface area (Å²) >= 11 is 0. The van der Waals surface area contributed by atoms with Gasteiger partial charge in [0.25, 0.3) is 0 Å². The molecule has 0 aliphatic carbocycles. The van der Waals surface area contributed by atoms with E-state index in [9.17, 15) is 8.78 Å². The lowest BCUT2D eigenvalue weighted by molar-refractivity contribution is 0.512. The van der Waals surface area contributed by atoms with Crippen LogP contribution < -0.4 is 5.32 Å². The zero-order valence-electron chi connectivity index (χ0n) is 8.97. The largest absolute Gasteiger partial charge is 0.342 e. The van der Waals surface area contributed by atoms with E-state index in [0.717, 1.165) is 44.1 Å². The fourth-order valence-corrected chi connectivity index (χ4v) is 1.73. The van der Waals surface area contributed by atoms with Crippen LogP contribution in [-0.4, -0.2) is 12.4 Å². The summed E-state index contributed by atoms with van der Waals surface area (Å²) in [6.07, 6.45) is 4.05. The molecule has 0 aromatic heterocycles. The number of nitrogens with zero attached hydrogens (tertiary/aromatic N) is 1. The van der Waals surface area contributed by atoms with Gasteiger partial charge in [-0.05, 0) is 25.0 Å². The maximum absolute atomic E-state index is 13.4. The lowest BCUT2D eigenvalue weighted by Gasteiger charge is -2.09. The van der Waals surface area contributed by atoms with E-state index >= 15 is 0 Å². The van der Waals surface area contributed by atoms with Gasteiger partial charge in [0.05, 0.1) is 5.69 Å². The third kappa shape index (κ3) is 2.56. The van der Waals surface area contributed by atoms with Gasteiger partial charge in [-0.1, -0.05) is 12.5 Å². The fourth-order valence-electron chi connectivity index (χ4n) is 1.73. The first-order valence-electron chi connectivity index (χ1n) is 5.52. The van der Waals surface area contributed by atoms with Gasteiger partial charge < -0.3 is 5.32 Å². The molecule has 0 unspecified atom stereocenters. The average molecular weight is 224 g/mol. The molecular formula is C12H14F2N2. The zero-order chi connectivity index (χ0) is 11.4. The molecule has 1 aromatic rings. The Balaban J connectivity index is 2.13. The molecule has 1 N–H and O–H groups in total. The van der Waals surface area contributed by atoms with Crippen LogP contribution in [0.25, 0.3) is 0 Å². The monoisotopic (exact) mass is 224 g/mol. The number of rotatable bonds is 1. The number of halogens is 2. The predicted molar refractivity (Wildman–Crippen MR) is 60.8 cm³/mol. The van der Waals surface area contributed by atoms with Gasteiger partial charge in [-0.25, -0.2) is 8.78 Å². The summed E-state index contributed by atoms with van der Waals surface area (Å²) in [5, 5.41) is 2.86. The SMILES string of the molecule is Fc1cccc(NC2=NCCCCC2)c1F. The first kappa shape index (κ1) is 11.0. The van der Waals surface area contributed by atoms with Crippen LogP contribution in [0.3, 0.4) is 0 Å². The Morgan fingerprint density at radius 2 is 2.00 bits per heavy atom. The van der Waals surface area contributed by atoms with E-state index in [1.165, 1.54) is 12.1 Å². The Morgan fingerprint density at radius 1 is 1.12 bits per heavy atom. The molecule has 0 bridgehead atoms. The number of anilines is 1. The number of hydrogen-bond acceptors (Lipinski definition) is 2. The van der Waals surface area contributed by atoms with Crippen molar-refractivity contribution >= 4 is 11.5 Å². The number of aliphatic imine (C=N–C) groups is 1. The van der Waals surface area contributed by atoms with Crippen molar-refractivity contribution in [2.45, 2.75) is 25.7 Å². The van der Waals surface area contributed by atoms with Crippen molar-refractivity contribution in [1.82, 2.24) is 0 Å². The molecule has 2 rings (SSSR count). The molecule has 86 valence electrons. The van der Waals surface area contributed by atoms with Crippen molar-refractivity contribution in [2.24, 2.45) is 4.99 Å². The molecule has 0 fully saturated rings. The molecular weight excluding hydrogens is 210 g/mol. The Labute approximate surface area is 93.4 Å². The molecule has 2 nitrogen and oxygen atoms in total. The summed E-state index contributed by atoms with van der Waals surface area (Å²) in [4.78, 5) is 4.31. The van der Waals surface area contributed by atoms with Crippen LogP contribution in [0, 0.1) is 11.6 Å². The van der Waals surface area contributed by atoms with E-state index in [2.05, 4.69) is 10.3 Å². The van der Waals surface area contributed by atoms with Crippen LogP contribution in [0.15, 0.2) is 23.2 Å². The van der Waals surface area contributed by atoms with Gasteiger partial charge in [-0.3, -0.25) is 4.99 Å². The molecule has 0 amide bonds. The summed E-state index contributed by atoms with van der Waals surface area (Å²) in [5.41, 5.74) is 0.167. The molecule has 1 aliphatic rings. The molecule has 1 aromatic carbocycles. The van der Waals surface area contributed by atoms with Crippen molar-refractivity contribution in [3.63, 3.8) is 0 Å². The van der Waals surface area contributed by atoms with Gasteiger partial charge >= 0.3 is 0 Å². The van der Waals surface area contributed by atoms with Crippen LogP contribution in [0.2, 0.25) is 0 Å². The van der Waals surface area contributed by atoms with Crippen LogP contribution in [0.4, 0.5) is 14.5 Å². The van der Waals surface area contributed by atoms with Gasteiger partial charge in [0.15, 0.2) is 11.6 Å². The highest BCUT2D eigenvalue weighted by Crippen LogP contribution is 2.18. The standard InChI is InChI=1S/C12H14F2N2/c13-9-5-4-6-10(12(9)14)16-11-7-2-1-3-8-15-11/h4-6H,1-3,7-8H2,(H,15,16). The molecule has 0 spiro atoms. The minimum atomic E-state index is -0.838. The molecule has 16 heavy (non-hydrogen) atoms. The lowest BCUT2D eigenvalue weighted by atomic mass is 10.2. The topological polar surface area (TPSA) is 24.4 Å². The summed E-state index contributed by atoms with van der Waals surface area (Å²) < 4.78 is 26.3. The Kier molecular flexibility index (Phi) is 3.49.